The van der Waals surface area contributed by atoms with Crippen LogP contribution in [0.2, 0.25) is 0 Å². The number of aryl methyl sites for hydroxylation is 1. The highest BCUT2D eigenvalue weighted by atomic mass is 32.1. The van der Waals surface area contributed by atoms with Gasteiger partial charge in [-0.15, -0.1) is 0 Å². The fraction of sp³-hybridized carbons (Fsp3) is 0.308. The van der Waals surface area contributed by atoms with Crippen LogP contribution in [0.4, 0.5) is 5.00 Å². The van der Waals surface area contributed by atoms with Gasteiger partial charge in [-0.05, 0) is 19.3 Å². The Morgan fingerprint density at radius 3 is 2.88 bits per heavy atom. The van der Waals surface area contributed by atoms with Crippen LogP contribution < -0.4 is 5.32 Å². The average molecular weight is 230 g/mol. The monoisotopic (exact) mass is 230 g/mol. The molecular formula is C13H14N2S. The summed E-state index contributed by atoms with van der Waals surface area (Å²) in [4.78, 5) is 4.74. The Labute approximate surface area is 99.4 Å². The minimum absolute atomic E-state index is 1.09. The number of hydrogen-bond donors (Lipinski definition) is 1. The van der Waals surface area contributed by atoms with Crippen LogP contribution >= 0.6 is 11.3 Å². The molecule has 0 fully saturated rings. The first-order valence-electron chi connectivity index (χ1n) is 5.72. The van der Waals surface area contributed by atoms with Gasteiger partial charge in [0.2, 0.25) is 0 Å². The van der Waals surface area contributed by atoms with Crippen molar-refractivity contribution in [1.82, 2.24) is 4.98 Å². The second kappa shape index (κ2) is 4.26. The molecule has 1 aliphatic heterocycles. The number of anilines is 1. The van der Waals surface area contributed by atoms with E-state index in [9.17, 15) is 0 Å². The van der Waals surface area contributed by atoms with Gasteiger partial charge in [0.1, 0.15) is 10.0 Å². The molecule has 3 heteroatoms. The molecule has 16 heavy (non-hydrogen) atoms. The van der Waals surface area contributed by atoms with Gasteiger partial charge in [-0.1, -0.05) is 41.7 Å². The number of rotatable bonds is 1. The van der Waals surface area contributed by atoms with Crippen molar-refractivity contribution in [3.63, 3.8) is 0 Å². The molecule has 0 amide bonds. The number of hydrogen-bond acceptors (Lipinski definition) is 3. The van der Waals surface area contributed by atoms with Crippen LogP contribution in [0.3, 0.4) is 0 Å². The first kappa shape index (κ1) is 9.85. The number of nitrogens with zero attached hydrogens (tertiary/aromatic N) is 1. The van der Waals surface area contributed by atoms with Crippen molar-refractivity contribution in [3.8, 4) is 10.6 Å². The second-order valence-electron chi connectivity index (χ2n) is 4.04. The Hall–Kier alpha value is -1.35. The number of benzene rings is 1. The summed E-state index contributed by atoms with van der Waals surface area (Å²) < 4.78 is 0. The lowest BCUT2D eigenvalue weighted by atomic mass is 10.2. The molecule has 1 N–H and O–H groups in total. The van der Waals surface area contributed by atoms with Gasteiger partial charge in [0, 0.05) is 12.1 Å². The number of aromatic nitrogens is 1. The van der Waals surface area contributed by atoms with Gasteiger partial charge >= 0.3 is 0 Å². The maximum absolute atomic E-state index is 4.74. The lowest BCUT2D eigenvalue weighted by Crippen LogP contribution is -1.96. The highest BCUT2D eigenvalue weighted by Gasteiger charge is 2.14. The van der Waals surface area contributed by atoms with E-state index in [0.29, 0.717) is 0 Å². The summed E-state index contributed by atoms with van der Waals surface area (Å²) in [5, 5.41) is 5.88. The van der Waals surface area contributed by atoms with Gasteiger partial charge in [-0.2, -0.15) is 0 Å². The van der Waals surface area contributed by atoms with Crippen LogP contribution in [0.1, 0.15) is 18.5 Å². The maximum Gasteiger partial charge on any atom is 0.125 e. The van der Waals surface area contributed by atoms with E-state index in [2.05, 4.69) is 29.6 Å². The predicted molar refractivity (Wildman–Crippen MR) is 69.0 cm³/mol. The average Bonchev–Trinajstić information content (AvgIpc) is 2.62. The molecule has 0 radical (unpaired) electrons. The number of thiazole rings is 1. The van der Waals surface area contributed by atoms with Crippen molar-refractivity contribution in [2.24, 2.45) is 0 Å². The third kappa shape index (κ3) is 1.83. The Bertz CT molecular complexity index is 452. The van der Waals surface area contributed by atoms with Crippen molar-refractivity contribution in [3.05, 3.63) is 36.0 Å². The maximum atomic E-state index is 4.74. The van der Waals surface area contributed by atoms with E-state index in [4.69, 9.17) is 4.98 Å². The summed E-state index contributed by atoms with van der Waals surface area (Å²) in [5.41, 5.74) is 2.48. The van der Waals surface area contributed by atoms with Crippen molar-refractivity contribution in [2.45, 2.75) is 19.3 Å². The highest BCUT2D eigenvalue weighted by Crippen LogP contribution is 2.33. The second-order valence-corrected chi connectivity index (χ2v) is 5.04. The van der Waals surface area contributed by atoms with Gasteiger partial charge in [0.15, 0.2) is 0 Å². The molecule has 1 aliphatic rings. The van der Waals surface area contributed by atoms with Crippen LogP contribution in [-0.2, 0) is 6.42 Å². The number of nitrogens with one attached hydrogen (secondary N) is 1. The van der Waals surface area contributed by atoms with Crippen LogP contribution in [0.5, 0.6) is 0 Å². The van der Waals surface area contributed by atoms with Crippen molar-refractivity contribution >= 4 is 16.3 Å². The molecule has 2 aromatic rings. The quantitative estimate of drug-likeness (QED) is 0.810. The summed E-state index contributed by atoms with van der Waals surface area (Å²) in [7, 11) is 0. The zero-order chi connectivity index (χ0) is 10.8. The molecule has 1 aromatic carbocycles. The molecule has 1 aromatic heterocycles. The minimum Gasteiger partial charge on any atom is -0.375 e. The van der Waals surface area contributed by atoms with E-state index in [1.165, 1.54) is 29.1 Å². The van der Waals surface area contributed by atoms with E-state index in [1.54, 1.807) is 11.3 Å². The SMILES string of the molecule is c1ccc(-c2nc3c(s2)NCCCC3)cc1. The van der Waals surface area contributed by atoms with E-state index in [-0.39, 0.29) is 0 Å². The van der Waals surface area contributed by atoms with Gasteiger partial charge in [0.25, 0.3) is 0 Å². The standard InChI is InChI=1S/C13H14N2S/c1-2-6-10(7-3-1)12-15-11-8-4-5-9-14-13(11)16-12/h1-3,6-7,14H,4-5,8-9H2. The first-order valence-corrected chi connectivity index (χ1v) is 6.54. The van der Waals surface area contributed by atoms with E-state index >= 15 is 0 Å². The predicted octanol–water partition coefficient (Wildman–Crippen LogP) is 3.56. The molecular weight excluding hydrogens is 216 g/mol. The molecule has 82 valence electrons. The van der Waals surface area contributed by atoms with Crippen molar-refractivity contribution in [1.29, 1.82) is 0 Å². The zero-order valence-corrected chi connectivity index (χ0v) is 9.89. The van der Waals surface area contributed by atoms with Gasteiger partial charge < -0.3 is 5.32 Å². The summed E-state index contributed by atoms with van der Waals surface area (Å²) in [6.45, 7) is 1.09. The Morgan fingerprint density at radius 1 is 1.12 bits per heavy atom. The molecule has 0 unspecified atom stereocenters. The normalized spacial score (nSPS) is 15.0. The molecule has 0 bridgehead atoms. The molecule has 3 rings (SSSR count). The Balaban J connectivity index is 1.98. The molecule has 0 saturated carbocycles. The fourth-order valence-corrected chi connectivity index (χ4v) is 3.03. The van der Waals surface area contributed by atoms with Crippen LogP contribution in [0, 0.1) is 0 Å². The molecule has 2 heterocycles. The smallest absolute Gasteiger partial charge is 0.125 e. The Morgan fingerprint density at radius 2 is 2.00 bits per heavy atom. The molecule has 2 nitrogen and oxygen atoms in total. The van der Waals surface area contributed by atoms with E-state index in [0.717, 1.165) is 18.0 Å². The number of fused-ring (bicyclic) bond motifs is 1. The summed E-state index contributed by atoms with van der Waals surface area (Å²) in [6, 6.07) is 10.4. The summed E-state index contributed by atoms with van der Waals surface area (Å²) in [5.74, 6) is 0. The summed E-state index contributed by atoms with van der Waals surface area (Å²) in [6.07, 6.45) is 3.62. The minimum atomic E-state index is 1.09. The van der Waals surface area contributed by atoms with Crippen LogP contribution in [0.15, 0.2) is 30.3 Å². The van der Waals surface area contributed by atoms with Crippen LogP contribution in [0.25, 0.3) is 10.6 Å². The van der Waals surface area contributed by atoms with E-state index < -0.39 is 0 Å². The Kier molecular flexibility index (Phi) is 2.62. The third-order valence-corrected chi connectivity index (χ3v) is 3.95. The molecule has 0 spiro atoms. The first-order chi connectivity index (χ1) is 7.93. The molecule has 0 saturated heterocycles. The highest BCUT2D eigenvalue weighted by molar-refractivity contribution is 7.19. The molecule has 0 aliphatic carbocycles. The molecule has 0 atom stereocenters. The summed E-state index contributed by atoms with van der Waals surface area (Å²) >= 11 is 1.78. The largest absolute Gasteiger partial charge is 0.375 e. The topological polar surface area (TPSA) is 24.9 Å². The van der Waals surface area contributed by atoms with Gasteiger partial charge in [-0.25, -0.2) is 4.98 Å². The van der Waals surface area contributed by atoms with E-state index in [1.807, 2.05) is 6.07 Å². The van der Waals surface area contributed by atoms with Crippen molar-refractivity contribution in [2.75, 3.05) is 11.9 Å². The fourth-order valence-electron chi connectivity index (χ4n) is 1.98. The third-order valence-electron chi connectivity index (χ3n) is 2.84. The zero-order valence-electron chi connectivity index (χ0n) is 9.07. The van der Waals surface area contributed by atoms with Crippen molar-refractivity contribution < 1.29 is 0 Å². The van der Waals surface area contributed by atoms with Gasteiger partial charge in [-0.3, -0.25) is 0 Å². The lowest BCUT2D eigenvalue weighted by molar-refractivity contribution is 0.775. The van der Waals surface area contributed by atoms with Crippen LogP contribution in [-0.4, -0.2) is 11.5 Å². The lowest BCUT2D eigenvalue weighted by Gasteiger charge is -1.97. The van der Waals surface area contributed by atoms with Gasteiger partial charge in [0.05, 0.1) is 5.69 Å².